The molecule has 0 atom stereocenters. The molecule has 2 aromatic rings. The molecule has 0 spiro atoms. The molecule has 0 saturated carbocycles. The van der Waals surface area contributed by atoms with Crippen LogP contribution >= 0.6 is 7.26 Å². The Kier molecular flexibility index (Phi) is 10.8. The zero-order valence-electron chi connectivity index (χ0n) is 17.7. The van der Waals surface area contributed by atoms with Crippen molar-refractivity contribution in [3.05, 3.63) is 60.7 Å². The van der Waals surface area contributed by atoms with Gasteiger partial charge in [0.15, 0.2) is 0 Å². The fraction of sp³-hybridized carbons (Fsp3) is 0.538. The molecule has 0 amide bonds. The monoisotopic (exact) mass is 383 g/mol. The molecule has 2 aromatic carbocycles. The molecule has 0 fully saturated rings. The normalized spacial score (nSPS) is 11.6. The standard InChI is InChI=1S/C26H40P/c1-3-5-6-7-8-9-10-11-12-19-24-27(4-2,25-20-15-13-16-21-25)26-22-17-14-18-23-26/h13-18,20-23H,3-12,19,24H2,1-2H3/q+1. The first-order chi connectivity index (χ1) is 13.3. The van der Waals surface area contributed by atoms with E-state index < -0.39 is 7.26 Å². The summed E-state index contributed by atoms with van der Waals surface area (Å²) in [6.07, 6.45) is 16.8. The molecule has 0 saturated heterocycles. The van der Waals surface area contributed by atoms with Gasteiger partial charge in [-0.15, -0.1) is 0 Å². The summed E-state index contributed by atoms with van der Waals surface area (Å²) in [6, 6.07) is 22.7. The lowest BCUT2D eigenvalue weighted by molar-refractivity contribution is 0.563. The molecule has 2 rings (SSSR count). The minimum Gasteiger partial charge on any atom is -0.0654 e. The van der Waals surface area contributed by atoms with Crippen LogP contribution in [0.1, 0.15) is 78.1 Å². The second-order valence-electron chi connectivity index (χ2n) is 7.86. The largest absolute Gasteiger partial charge is 0.0991 e. The van der Waals surface area contributed by atoms with E-state index in [4.69, 9.17) is 0 Å². The third-order valence-corrected chi connectivity index (χ3v) is 10.7. The van der Waals surface area contributed by atoms with Crippen LogP contribution in [0, 0.1) is 0 Å². The Bertz CT molecular complexity index is 551. The second kappa shape index (κ2) is 13.1. The third-order valence-electron chi connectivity index (χ3n) is 5.93. The summed E-state index contributed by atoms with van der Waals surface area (Å²) in [7, 11) is -1.26. The lowest BCUT2D eigenvalue weighted by atomic mass is 10.1. The zero-order valence-corrected chi connectivity index (χ0v) is 18.6. The number of hydrogen-bond donors (Lipinski definition) is 0. The molecule has 0 aliphatic rings. The van der Waals surface area contributed by atoms with E-state index in [1.807, 2.05) is 0 Å². The topological polar surface area (TPSA) is 0 Å². The van der Waals surface area contributed by atoms with Gasteiger partial charge in [0, 0.05) is 0 Å². The van der Waals surface area contributed by atoms with Crippen LogP contribution in [0.15, 0.2) is 60.7 Å². The van der Waals surface area contributed by atoms with Crippen molar-refractivity contribution in [2.75, 3.05) is 12.3 Å². The van der Waals surface area contributed by atoms with E-state index in [0.29, 0.717) is 0 Å². The van der Waals surface area contributed by atoms with E-state index in [0.717, 1.165) is 0 Å². The molecule has 148 valence electrons. The van der Waals surface area contributed by atoms with Gasteiger partial charge in [-0.05, 0) is 44.0 Å². The molecular weight excluding hydrogens is 343 g/mol. The van der Waals surface area contributed by atoms with Crippen LogP contribution in [-0.4, -0.2) is 12.3 Å². The second-order valence-corrected chi connectivity index (χ2v) is 11.9. The highest BCUT2D eigenvalue weighted by Gasteiger charge is 2.39. The molecule has 27 heavy (non-hydrogen) atoms. The van der Waals surface area contributed by atoms with Crippen molar-refractivity contribution in [2.45, 2.75) is 78.1 Å². The molecule has 0 nitrogen and oxygen atoms in total. The van der Waals surface area contributed by atoms with Crippen LogP contribution in [0.4, 0.5) is 0 Å². The highest BCUT2D eigenvalue weighted by Crippen LogP contribution is 2.56. The maximum atomic E-state index is 2.41. The quantitative estimate of drug-likeness (QED) is 0.233. The first-order valence-corrected chi connectivity index (χ1v) is 13.5. The van der Waals surface area contributed by atoms with Gasteiger partial charge in [0.05, 0.1) is 30.2 Å². The fourth-order valence-electron chi connectivity index (χ4n) is 4.23. The van der Waals surface area contributed by atoms with Gasteiger partial charge in [-0.3, -0.25) is 0 Å². The van der Waals surface area contributed by atoms with Crippen LogP contribution in [0.25, 0.3) is 0 Å². The van der Waals surface area contributed by atoms with E-state index in [1.54, 1.807) is 10.6 Å². The summed E-state index contributed by atoms with van der Waals surface area (Å²) in [6.45, 7) is 4.70. The maximum absolute atomic E-state index is 2.41. The smallest absolute Gasteiger partial charge is 0.0654 e. The summed E-state index contributed by atoms with van der Waals surface area (Å²) in [5.41, 5.74) is 0. The first-order valence-electron chi connectivity index (χ1n) is 11.3. The van der Waals surface area contributed by atoms with Crippen molar-refractivity contribution >= 4 is 17.9 Å². The van der Waals surface area contributed by atoms with Crippen molar-refractivity contribution in [1.82, 2.24) is 0 Å². The van der Waals surface area contributed by atoms with Crippen LogP contribution < -0.4 is 10.6 Å². The van der Waals surface area contributed by atoms with Crippen LogP contribution in [0.3, 0.4) is 0 Å². The van der Waals surface area contributed by atoms with E-state index in [2.05, 4.69) is 74.5 Å². The van der Waals surface area contributed by atoms with Gasteiger partial charge in [-0.25, -0.2) is 0 Å². The van der Waals surface area contributed by atoms with Gasteiger partial charge < -0.3 is 0 Å². The number of unbranched alkanes of at least 4 members (excludes halogenated alkanes) is 9. The molecule has 0 aliphatic carbocycles. The molecule has 0 aromatic heterocycles. The predicted octanol–water partition coefficient (Wildman–Crippen LogP) is 7.60. The summed E-state index contributed by atoms with van der Waals surface area (Å²) in [5.74, 6) is 0. The summed E-state index contributed by atoms with van der Waals surface area (Å²) >= 11 is 0. The number of hydrogen-bond acceptors (Lipinski definition) is 0. The Morgan fingerprint density at radius 2 is 0.926 bits per heavy atom. The van der Waals surface area contributed by atoms with Gasteiger partial charge in [0.25, 0.3) is 0 Å². The van der Waals surface area contributed by atoms with Gasteiger partial charge in [0.1, 0.15) is 0 Å². The Morgan fingerprint density at radius 3 is 1.33 bits per heavy atom. The SMILES string of the molecule is CCCCCCCCCCCC[P+](CC)(c1ccccc1)c1ccccc1. The third kappa shape index (κ3) is 7.08. The van der Waals surface area contributed by atoms with E-state index in [-0.39, 0.29) is 0 Å². The van der Waals surface area contributed by atoms with Crippen molar-refractivity contribution in [1.29, 1.82) is 0 Å². The van der Waals surface area contributed by atoms with Gasteiger partial charge in [-0.1, -0.05) is 94.7 Å². The molecule has 0 radical (unpaired) electrons. The number of rotatable bonds is 14. The van der Waals surface area contributed by atoms with Crippen molar-refractivity contribution in [3.8, 4) is 0 Å². The minimum atomic E-state index is -1.26. The summed E-state index contributed by atoms with van der Waals surface area (Å²) in [4.78, 5) is 0. The van der Waals surface area contributed by atoms with Crippen LogP contribution in [-0.2, 0) is 0 Å². The Balaban J connectivity index is 1.85. The average Bonchev–Trinajstić information content (AvgIpc) is 2.74. The van der Waals surface area contributed by atoms with Gasteiger partial charge >= 0.3 is 0 Å². The molecule has 0 N–H and O–H groups in total. The lowest BCUT2D eigenvalue weighted by Gasteiger charge is -2.26. The predicted molar refractivity (Wildman–Crippen MR) is 126 cm³/mol. The van der Waals surface area contributed by atoms with E-state index in [1.165, 1.54) is 76.5 Å². The summed E-state index contributed by atoms with van der Waals surface area (Å²) in [5, 5.41) is 3.18. The summed E-state index contributed by atoms with van der Waals surface area (Å²) < 4.78 is 0. The molecule has 0 unspecified atom stereocenters. The van der Waals surface area contributed by atoms with E-state index in [9.17, 15) is 0 Å². The van der Waals surface area contributed by atoms with Gasteiger partial charge in [0.2, 0.25) is 0 Å². The average molecular weight is 384 g/mol. The first kappa shape index (κ1) is 22.2. The highest BCUT2D eigenvalue weighted by atomic mass is 31.2. The van der Waals surface area contributed by atoms with E-state index >= 15 is 0 Å². The van der Waals surface area contributed by atoms with Crippen molar-refractivity contribution in [3.63, 3.8) is 0 Å². The zero-order chi connectivity index (χ0) is 19.2. The Labute approximate surface area is 169 Å². The maximum Gasteiger partial charge on any atom is 0.0991 e. The Morgan fingerprint density at radius 1 is 0.519 bits per heavy atom. The highest BCUT2D eigenvalue weighted by molar-refractivity contribution is 7.89. The lowest BCUT2D eigenvalue weighted by Crippen LogP contribution is -2.26. The van der Waals surface area contributed by atoms with Crippen LogP contribution in [0.5, 0.6) is 0 Å². The molecule has 1 heteroatoms. The Hall–Kier alpha value is -1.13. The fourth-order valence-corrected chi connectivity index (χ4v) is 8.34. The molecular formula is C26H40P+. The van der Waals surface area contributed by atoms with Crippen LogP contribution in [0.2, 0.25) is 0 Å². The molecule has 0 heterocycles. The molecule has 0 aliphatic heterocycles. The van der Waals surface area contributed by atoms with Crippen molar-refractivity contribution in [2.24, 2.45) is 0 Å². The van der Waals surface area contributed by atoms with Crippen molar-refractivity contribution < 1.29 is 0 Å². The molecule has 0 bridgehead atoms. The van der Waals surface area contributed by atoms with Gasteiger partial charge in [-0.2, -0.15) is 0 Å². The minimum absolute atomic E-state index is 1.26. The number of benzene rings is 2.